The number of esters is 1. The van der Waals surface area contributed by atoms with Crippen LogP contribution in [0.3, 0.4) is 0 Å². The van der Waals surface area contributed by atoms with Crippen molar-refractivity contribution in [2.24, 2.45) is 29.6 Å². The van der Waals surface area contributed by atoms with E-state index < -0.39 is 47.2 Å². The molecule has 0 saturated carbocycles. The summed E-state index contributed by atoms with van der Waals surface area (Å²) >= 11 is 0. The third-order valence-electron chi connectivity index (χ3n) is 10.5. The van der Waals surface area contributed by atoms with Crippen LogP contribution in [0.5, 0.6) is 0 Å². The summed E-state index contributed by atoms with van der Waals surface area (Å²) in [6, 6.07) is 3.06. The topological polar surface area (TPSA) is 130 Å². The number of nitrogens with zero attached hydrogens (tertiary/aromatic N) is 4. The molecule has 0 N–H and O–H groups in total. The molecule has 1 amide bonds. The molecule has 11 nitrogen and oxygen atoms in total. The van der Waals surface area contributed by atoms with Crippen LogP contribution >= 0.6 is 0 Å². The lowest BCUT2D eigenvalue weighted by atomic mass is 9.71. The SMILES string of the molecule is CC[C@@H](OC(=O)[C@H](C)C=O)[C@@]1(C)OC(=O)N(CCCCn2cnc3cccnc32)[C@@H]1[C@@H](C)C(=O)[C@H](C)C[C@@](C)(OC)[C@H](C1=CC1)C(C)C. The second-order valence-electron chi connectivity index (χ2n) is 14.5. The molecule has 1 fully saturated rings. The minimum Gasteiger partial charge on any atom is -0.458 e. The number of pyridine rings is 1. The zero-order valence-electron chi connectivity index (χ0n) is 30.1. The summed E-state index contributed by atoms with van der Waals surface area (Å²) in [7, 11) is 1.71. The van der Waals surface area contributed by atoms with E-state index >= 15 is 0 Å². The number of hydrogen-bond acceptors (Lipinski definition) is 9. The summed E-state index contributed by atoms with van der Waals surface area (Å²) in [4.78, 5) is 62.7. The van der Waals surface area contributed by atoms with Crippen molar-refractivity contribution in [3.63, 3.8) is 0 Å². The van der Waals surface area contributed by atoms with E-state index in [1.165, 1.54) is 12.5 Å². The molecule has 0 bridgehead atoms. The van der Waals surface area contributed by atoms with Crippen molar-refractivity contribution in [2.75, 3.05) is 13.7 Å². The molecule has 0 aromatic carbocycles. The number of carbonyl (C=O) groups is 4. The maximum absolute atomic E-state index is 14.4. The lowest BCUT2D eigenvalue weighted by molar-refractivity contribution is -0.169. The van der Waals surface area contributed by atoms with E-state index in [0.717, 1.165) is 24.0 Å². The Hall–Kier alpha value is -3.60. The standard InChI is InChI=1S/C37H54N4O7/c1-10-29(47-34(44)25(5)21-42)37(8)32(26(6)31(43)24(4)20-36(7,46-9)30(23(2)3)27-15-16-27)41(35(45)48-37)19-12-11-18-40-22-39-28-14-13-17-38-33(28)40/h13-15,17,21-26,29-30,32H,10-12,16,18-20H2,1-9H3/t24-,25-,26+,29-,30+,32-,36-,37-/m1/s1. The van der Waals surface area contributed by atoms with Crippen molar-refractivity contribution < 1.29 is 33.4 Å². The molecular formula is C37H54N4O7. The van der Waals surface area contributed by atoms with Gasteiger partial charge in [0.1, 0.15) is 29.6 Å². The highest BCUT2D eigenvalue weighted by Crippen LogP contribution is 2.46. The highest BCUT2D eigenvalue weighted by Gasteiger charge is 2.59. The van der Waals surface area contributed by atoms with Gasteiger partial charge in [-0.2, -0.15) is 0 Å². The molecule has 2 aromatic heterocycles. The molecule has 8 atom stereocenters. The minimum atomic E-state index is -1.33. The first-order valence-electron chi connectivity index (χ1n) is 17.4. The number of methoxy groups -OCH3 is 1. The van der Waals surface area contributed by atoms with Gasteiger partial charge in [-0.15, -0.1) is 0 Å². The second kappa shape index (κ2) is 15.3. The van der Waals surface area contributed by atoms with Gasteiger partial charge in [0.2, 0.25) is 0 Å². The van der Waals surface area contributed by atoms with Gasteiger partial charge in [-0.1, -0.05) is 46.3 Å². The number of cyclic esters (lactones) is 1. The molecule has 0 radical (unpaired) electrons. The summed E-state index contributed by atoms with van der Waals surface area (Å²) in [6.45, 7) is 16.3. The quantitative estimate of drug-likeness (QED) is 0.0567. The molecule has 0 unspecified atom stereocenters. The maximum atomic E-state index is 14.4. The largest absolute Gasteiger partial charge is 0.458 e. The number of aryl methyl sites for hydroxylation is 1. The van der Waals surface area contributed by atoms with Crippen molar-refractivity contribution in [3.05, 3.63) is 36.3 Å². The van der Waals surface area contributed by atoms with Gasteiger partial charge in [-0.3, -0.25) is 9.59 Å². The number of allylic oxidation sites excluding steroid dienone is 1. The first kappa shape index (κ1) is 37.2. The molecule has 1 aliphatic carbocycles. The van der Waals surface area contributed by atoms with Gasteiger partial charge in [-0.05, 0) is 70.9 Å². The third-order valence-corrected chi connectivity index (χ3v) is 10.5. The van der Waals surface area contributed by atoms with Gasteiger partial charge in [-0.25, -0.2) is 14.8 Å². The normalized spacial score (nSPS) is 23.5. The monoisotopic (exact) mass is 666 g/mol. The third kappa shape index (κ3) is 7.66. The highest BCUT2D eigenvalue weighted by atomic mass is 16.6. The number of unbranched alkanes of at least 4 members (excludes halogenated alkanes) is 1. The Morgan fingerprint density at radius 3 is 2.46 bits per heavy atom. The predicted molar refractivity (Wildman–Crippen MR) is 182 cm³/mol. The van der Waals surface area contributed by atoms with Crippen molar-refractivity contribution in [2.45, 2.75) is 117 Å². The Kier molecular flexibility index (Phi) is 11.9. The van der Waals surface area contributed by atoms with Gasteiger partial charge >= 0.3 is 12.1 Å². The van der Waals surface area contributed by atoms with Crippen molar-refractivity contribution >= 4 is 35.3 Å². The van der Waals surface area contributed by atoms with Crippen molar-refractivity contribution in [1.29, 1.82) is 0 Å². The average molecular weight is 667 g/mol. The highest BCUT2D eigenvalue weighted by molar-refractivity contribution is 5.87. The van der Waals surface area contributed by atoms with Gasteiger partial charge in [0.15, 0.2) is 11.2 Å². The Labute approximate surface area is 284 Å². The van der Waals surface area contributed by atoms with Crippen molar-refractivity contribution in [3.8, 4) is 0 Å². The van der Waals surface area contributed by atoms with Crippen LogP contribution in [-0.2, 0) is 35.1 Å². The fourth-order valence-corrected chi connectivity index (χ4v) is 8.01. The van der Waals surface area contributed by atoms with E-state index in [-0.39, 0.29) is 17.6 Å². The maximum Gasteiger partial charge on any atom is 0.410 e. The zero-order chi connectivity index (χ0) is 35.4. The van der Waals surface area contributed by atoms with Crippen LogP contribution in [0.15, 0.2) is 36.3 Å². The number of ketones is 1. The summed E-state index contributed by atoms with van der Waals surface area (Å²) < 4.78 is 20.1. The average Bonchev–Trinajstić information content (AvgIpc) is 3.74. The molecule has 48 heavy (non-hydrogen) atoms. The molecule has 1 aliphatic heterocycles. The lowest BCUT2D eigenvalue weighted by Gasteiger charge is -2.42. The fourth-order valence-electron chi connectivity index (χ4n) is 8.01. The first-order valence-corrected chi connectivity index (χ1v) is 17.4. The molecule has 1 saturated heterocycles. The van der Waals surface area contributed by atoms with Crippen LogP contribution in [0.2, 0.25) is 0 Å². The number of hydrogen-bond donors (Lipinski definition) is 0. The molecular weight excluding hydrogens is 612 g/mol. The number of Topliss-reactive ketones (excluding diaryl/α,β-unsaturated/α-hetero) is 1. The predicted octanol–water partition coefficient (Wildman–Crippen LogP) is 6.19. The van der Waals surface area contributed by atoms with E-state index in [2.05, 4.69) is 36.8 Å². The van der Waals surface area contributed by atoms with Crippen LogP contribution in [0, 0.1) is 29.6 Å². The summed E-state index contributed by atoms with van der Waals surface area (Å²) in [5, 5.41) is 0. The number of rotatable bonds is 19. The summed E-state index contributed by atoms with van der Waals surface area (Å²) in [5.74, 6) is -2.16. The van der Waals surface area contributed by atoms with Gasteiger partial charge in [0.05, 0.1) is 18.0 Å². The Balaban J connectivity index is 1.58. The van der Waals surface area contributed by atoms with E-state index in [0.29, 0.717) is 44.6 Å². The summed E-state index contributed by atoms with van der Waals surface area (Å²) in [6.07, 6.45) is 8.03. The number of fused-ring (bicyclic) bond motifs is 1. The lowest BCUT2D eigenvalue weighted by Crippen LogP contribution is -2.57. The van der Waals surface area contributed by atoms with Gasteiger partial charge < -0.3 is 28.5 Å². The fraction of sp³-hybridized carbons (Fsp3) is 0.676. The molecule has 264 valence electrons. The number of carbonyl (C=O) groups excluding carboxylic acids is 4. The van der Waals surface area contributed by atoms with Crippen molar-refractivity contribution in [1.82, 2.24) is 19.4 Å². The minimum absolute atomic E-state index is 0.0107. The van der Waals surface area contributed by atoms with E-state index in [4.69, 9.17) is 14.2 Å². The number of ether oxygens (including phenoxy) is 3. The number of aldehydes is 1. The Morgan fingerprint density at radius 1 is 1.17 bits per heavy atom. The molecule has 2 aromatic rings. The first-order chi connectivity index (χ1) is 22.7. The molecule has 11 heteroatoms. The van der Waals surface area contributed by atoms with Crippen LogP contribution in [0.25, 0.3) is 11.2 Å². The van der Waals surface area contributed by atoms with E-state index in [1.807, 2.05) is 37.5 Å². The smallest absolute Gasteiger partial charge is 0.410 e. The van der Waals surface area contributed by atoms with E-state index in [1.54, 1.807) is 31.5 Å². The molecule has 0 spiro atoms. The van der Waals surface area contributed by atoms with Gasteiger partial charge in [0.25, 0.3) is 0 Å². The van der Waals surface area contributed by atoms with Crippen LogP contribution in [0.1, 0.15) is 87.5 Å². The zero-order valence-corrected chi connectivity index (χ0v) is 30.1. The van der Waals surface area contributed by atoms with E-state index in [9.17, 15) is 19.2 Å². The van der Waals surface area contributed by atoms with Gasteiger partial charge in [0, 0.05) is 44.1 Å². The van der Waals surface area contributed by atoms with Crippen LogP contribution in [0.4, 0.5) is 4.79 Å². The number of amides is 1. The number of aromatic nitrogens is 3. The molecule has 4 rings (SSSR count). The van der Waals surface area contributed by atoms with Crippen LogP contribution in [-0.4, -0.2) is 80.6 Å². The molecule has 3 heterocycles. The Bertz CT molecular complexity index is 1500. The number of imidazole rings is 1. The summed E-state index contributed by atoms with van der Waals surface area (Å²) in [5.41, 5.74) is 1.12. The van der Waals surface area contributed by atoms with Crippen LogP contribution < -0.4 is 0 Å². The molecule has 2 aliphatic rings. The second-order valence-corrected chi connectivity index (χ2v) is 14.5. The Morgan fingerprint density at radius 2 is 1.85 bits per heavy atom.